The molecule has 0 saturated carbocycles. The lowest BCUT2D eigenvalue weighted by atomic mass is 10.1. The van der Waals surface area contributed by atoms with Gasteiger partial charge in [-0.3, -0.25) is 4.79 Å². The normalized spacial score (nSPS) is 12.3. The molecule has 2 rings (SSSR count). The van der Waals surface area contributed by atoms with Gasteiger partial charge in [-0.25, -0.2) is 4.79 Å². The molecule has 0 bridgehead atoms. The molecule has 1 heterocycles. The van der Waals surface area contributed by atoms with E-state index in [-0.39, 0.29) is 5.76 Å². The number of carboxylic acid groups (broad SMARTS) is 1. The van der Waals surface area contributed by atoms with E-state index >= 15 is 0 Å². The lowest BCUT2D eigenvalue weighted by Crippen LogP contribution is -2.40. The van der Waals surface area contributed by atoms with Crippen molar-refractivity contribution >= 4 is 22.8 Å². The zero-order valence-corrected chi connectivity index (χ0v) is 10.8. The molecule has 5 nitrogen and oxygen atoms in total. The van der Waals surface area contributed by atoms with Crippen molar-refractivity contribution in [2.24, 2.45) is 0 Å². The van der Waals surface area contributed by atoms with E-state index in [0.717, 1.165) is 5.39 Å². The molecule has 0 aliphatic heterocycles. The van der Waals surface area contributed by atoms with Gasteiger partial charge in [-0.2, -0.15) is 0 Å². The Bertz CT molecular complexity index is 629. The Morgan fingerprint density at radius 2 is 2.05 bits per heavy atom. The van der Waals surface area contributed by atoms with Gasteiger partial charge in [-0.1, -0.05) is 25.1 Å². The summed E-state index contributed by atoms with van der Waals surface area (Å²) in [5.74, 6) is -1.38. The number of aryl methyl sites for hydroxylation is 1. The molecule has 0 aliphatic carbocycles. The van der Waals surface area contributed by atoms with Crippen molar-refractivity contribution in [3.05, 3.63) is 35.6 Å². The van der Waals surface area contributed by atoms with E-state index in [0.29, 0.717) is 17.6 Å². The summed E-state index contributed by atoms with van der Waals surface area (Å²) in [6, 6.07) is 6.41. The number of para-hydroxylation sites is 1. The summed E-state index contributed by atoms with van der Waals surface area (Å²) >= 11 is 0. The van der Waals surface area contributed by atoms with Crippen LogP contribution >= 0.6 is 0 Å². The van der Waals surface area contributed by atoms with Crippen molar-refractivity contribution in [1.29, 1.82) is 0 Å². The zero-order valence-electron chi connectivity index (χ0n) is 10.8. The van der Waals surface area contributed by atoms with Crippen LogP contribution in [0.15, 0.2) is 28.7 Å². The minimum Gasteiger partial charge on any atom is -0.480 e. The van der Waals surface area contributed by atoms with Crippen molar-refractivity contribution in [3.8, 4) is 0 Å². The molecular weight excluding hydrogens is 246 g/mol. The van der Waals surface area contributed by atoms with Crippen LogP contribution in [-0.2, 0) is 4.79 Å². The lowest BCUT2D eigenvalue weighted by molar-refractivity contribution is -0.139. The third-order valence-electron chi connectivity index (χ3n) is 3.06. The molecule has 1 aromatic heterocycles. The standard InChI is InChI=1S/C14H15NO4/c1-3-10(14(17)18)15-13(16)12-8(2)9-6-4-5-7-11(9)19-12/h4-7,10H,3H2,1-2H3,(H,15,16)(H,17,18)/t10-/m1/s1. The molecule has 2 N–H and O–H groups in total. The summed E-state index contributed by atoms with van der Waals surface area (Å²) in [7, 11) is 0. The average molecular weight is 261 g/mol. The number of aliphatic carboxylic acids is 1. The number of carbonyl (C=O) groups excluding carboxylic acids is 1. The van der Waals surface area contributed by atoms with Crippen LogP contribution < -0.4 is 5.32 Å². The second kappa shape index (κ2) is 5.14. The maximum atomic E-state index is 12.0. The Labute approximate surface area is 110 Å². The number of fused-ring (bicyclic) bond motifs is 1. The highest BCUT2D eigenvalue weighted by Crippen LogP contribution is 2.24. The first-order valence-corrected chi connectivity index (χ1v) is 6.06. The largest absolute Gasteiger partial charge is 0.480 e. The minimum atomic E-state index is -1.05. The van der Waals surface area contributed by atoms with E-state index in [9.17, 15) is 9.59 Å². The summed E-state index contributed by atoms with van der Waals surface area (Å²) in [6.07, 6.45) is 0.320. The van der Waals surface area contributed by atoms with Gasteiger partial charge in [0.05, 0.1) is 0 Å². The van der Waals surface area contributed by atoms with Gasteiger partial charge in [0.2, 0.25) is 0 Å². The molecule has 19 heavy (non-hydrogen) atoms. The summed E-state index contributed by atoms with van der Waals surface area (Å²) in [5.41, 5.74) is 1.34. The van der Waals surface area contributed by atoms with Crippen molar-refractivity contribution in [1.82, 2.24) is 5.32 Å². The number of benzene rings is 1. The fourth-order valence-electron chi connectivity index (χ4n) is 1.95. The van der Waals surface area contributed by atoms with Crippen LogP contribution in [0, 0.1) is 6.92 Å². The smallest absolute Gasteiger partial charge is 0.326 e. The quantitative estimate of drug-likeness (QED) is 0.885. The van der Waals surface area contributed by atoms with E-state index in [1.165, 1.54) is 0 Å². The fraction of sp³-hybridized carbons (Fsp3) is 0.286. The second-order valence-corrected chi connectivity index (χ2v) is 4.32. The molecule has 0 unspecified atom stereocenters. The number of amides is 1. The van der Waals surface area contributed by atoms with Crippen LogP contribution in [0.4, 0.5) is 0 Å². The number of nitrogens with one attached hydrogen (secondary N) is 1. The molecule has 0 saturated heterocycles. The Hall–Kier alpha value is -2.30. The zero-order chi connectivity index (χ0) is 14.0. The summed E-state index contributed by atoms with van der Waals surface area (Å²) in [4.78, 5) is 22.9. The third kappa shape index (κ3) is 2.45. The van der Waals surface area contributed by atoms with Crippen LogP contribution in [0.2, 0.25) is 0 Å². The molecule has 0 aliphatic rings. The predicted molar refractivity (Wildman–Crippen MR) is 70.1 cm³/mol. The molecule has 1 aromatic carbocycles. The topological polar surface area (TPSA) is 79.5 Å². The highest BCUT2D eigenvalue weighted by molar-refractivity contribution is 6.00. The SMILES string of the molecule is CC[C@@H](NC(=O)c1oc2ccccc2c1C)C(=O)O. The van der Waals surface area contributed by atoms with E-state index < -0.39 is 17.9 Å². The van der Waals surface area contributed by atoms with Gasteiger partial charge in [0.15, 0.2) is 5.76 Å². The van der Waals surface area contributed by atoms with Crippen molar-refractivity contribution in [2.75, 3.05) is 0 Å². The Balaban J connectivity index is 2.31. The van der Waals surface area contributed by atoms with E-state index in [1.54, 1.807) is 19.9 Å². The number of hydrogen-bond acceptors (Lipinski definition) is 3. The lowest BCUT2D eigenvalue weighted by Gasteiger charge is -2.10. The molecule has 100 valence electrons. The average Bonchev–Trinajstić information content (AvgIpc) is 2.73. The molecule has 2 aromatic rings. The predicted octanol–water partition coefficient (Wildman–Crippen LogP) is 2.33. The molecule has 0 radical (unpaired) electrons. The third-order valence-corrected chi connectivity index (χ3v) is 3.06. The van der Waals surface area contributed by atoms with Gasteiger partial charge in [0.1, 0.15) is 11.6 Å². The van der Waals surface area contributed by atoms with Gasteiger partial charge in [-0.05, 0) is 19.4 Å². The van der Waals surface area contributed by atoms with Crippen molar-refractivity contribution in [2.45, 2.75) is 26.3 Å². The second-order valence-electron chi connectivity index (χ2n) is 4.32. The van der Waals surface area contributed by atoms with Crippen LogP contribution in [0.3, 0.4) is 0 Å². The van der Waals surface area contributed by atoms with E-state index in [2.05, 4.69) is 5.32 Å². The molecule has 1 amide bonds. The number of furan rings is 1. The maximum Gasteiger partial charge on any atom is 0.326 e. The first-order valence-electron chi connectivity index (χ1n) is 6.06. The molecule has 0 fully saturated rings. The van der Waals surface area contributed by atoms with Crippen molar-refractivity contribution < 1.29 is 19.1 Å². The highest BCUT2D eigenvalue weighted by Gasteiger charge is 2.23. The summed E-state index contributed by atoms with van der Waals surface area (Å²) in [6.45, 7) is 3.48. The molecule has 1 atom stereocenters. The van der Waals surface area contributed by atoms with Crippen molar-refractivity contribution in [3.63, 3.8) is 0 Å². The van der Waals surface area contributed by atoms with Crippen LogP contribution in [0.5, 0.6) is 0 Å². The Kier molecular flexibility index (Phi) is 3.55. The minimum absolute atomic E-state index is 0.168. The molecular formula is C14H15NO4. The summed E-state index contributed by atoms with van der Waals surface area (Å²) < 4.78 is 5.48. The number of rotatable bonds is 4. The van der Waals surface area contributed by atoms with Gasteiger partial charge in [-0.15, -0.1) is 0 Å². The molecule has 0 spiro atoms. The van der Waals surface area contributed by atoms with Gasteiger partial charge in [0, 0.05) is 10.9 Å². The molecule has 5 heteroatoms. The summed E-state index contributed by atoms with van der Waals surface area (Å²) in [5, 5.41) is 12.2. The first-order chi connectivity index (χ1) is 9.04. The van der Waals surface area contributed by atoms with Crippen LogP contribution in [0.25, 0.3) is 11.0 Å². The maximum absolute atomic E-state index is 12.0. The van der Waals surface area contributed by atoms with E-state index in [4.69, 9.17) is 9.52 Å². The highest BCUT2D eigenvalue weighted by atomic mass is 16.4. The fourth-order valence-corrected chi connectivity index (χ4v) is 1.95. The first kappa shape index (κ1) is 13.1. The van der Waals surface area contributed by atoms with E-state index in [1.807, 2.05) is 18.2 Å². The van der Waals surface area contributed by atoms with Gasteiger partial charge in [0.25, 0.3) is 5.91 Å². The Morgan fingerprint density at radius 3 is 2.63 bits per heavy atom. The number of carboxylic acids is 1. The monoisotopic (exact) mass is 261 g/mol. The van der Waals surface area contributed by atoms with Gasteiger partial charge < -0.3 is 14.8 Å². The number of hydrogen-bond donors (Lipinski definition) is 2. The Morgan fingerprint density at radius 1 is 1.37 bits per heavy atom. The van der Waals surface area contributed by atoms with Gasteiger partial charge >= 0.3 is 5.97 Å². The number of carbonyl (C=O) groups is 2. The van der Waals surface area contributed by atoms with Crippen LogP contribution in [0.1, 0.15) is 29.5 Å². The van der Waals surface area contributed by atoms with Crippen LogP contribution in [-0.4, -0.2) is 23.0 Å².